The van der Waals surface area contributed by atoms with E-state index in [9.17, 15) is 14.9 Å². The number of H-pyrrole nitrogens is 1. The number of nitrogens with zero attached hydrogens (tertiary/aromatic N) is 4. The largest absolute Gasteiger partial charge is 0.493 e. The molecule has 1 aromatic heterocycles. The van der Waals surface area contributed by atoms with Crippen LogP contribution in [0.2, 0.25) is 0 Å². The van der Waals surface area contributed by atoms with E-state index < -0.39 is 10.6 Å². The number of hydrogen-bond donors (Lipinski definition) is 2. The average molecular weight is 376 g/mol. The minimum Gasteiger partial charge on any atom is -0.493 e. The Labute approximate surface area is 154 Å². The lowest BCUT2D eigenvalue weighted by Crippen LogP contribution is -2.15. The first-order valence-electron chi connectivity index (χ1n) is 8.17. The SMILES string of the molecule is CCCCOc1c(OC)cc(/C=N/Nc2nc(=O)[nH]nc2C)cc1[N+](=O)[O-]. The van der Waals surface area contributed by atoms with E-state index in [1.807, 2.05) is 6.92 Å². The molecule has 0 spiro atoms. The topological polar surface area (TPSA) is 145 Å². The standard InChI is InChI=1S/C16H20N6O5/c1-4-5-6-27-14-12(22(24)25)7-11(8-13(14)26-3)9-17-20-15-10(2)19-21-16(23)18-15/h7-9H,4-6H2,1-3H3,(H2,18,20,21,23)/b17-9+. The highest BCUT2D eigenvalue weighted by Crippen LogP contribution is 2.38. The Balaban J connectivity index is 2.28. The number of aromatic nitrogens is 3. The molecular weight excluding hydrogens is 356 g/mol. The Morgan fingerprint density at radius 1 is 1.44 bits per heavy atom. The van der Waals surface area contributed by atoms with Gasteiger partial charge in [-0.05, 0) is 19.4 Å². The molecule has 0 saturated carbocycles. The van der Waals surface area contributed by atoms with Gasteiger partial charge in [-0.25, -0.2) is 9.89 Å². The highest BCUT2D eigenvalue weighted by Gasteiger charge is 2.22. The number of ether oxygens (including phenoxy) is 2. The Bertz CT molecular complexity index is 895. The second-order valence-corrected chi connectivity index (χ2v) is 5.48. The van der Waals surface area contributed by atoms with Crippen LogP contribution in [0.1, 0.15) is 31.0 Å². The summed E-state index contributed by atoms with van der Waals surface area (Å²) in [6.45, 7) is 3.98. The molecule has 11 heteroatoms. The molecular formula is C16H20N6O5. The molecule has 144 valence electrons. The van der Waals surface area contributed by atoms with Crippen LogP contribution in [0.15, 0.2) is 22.0 Å². The van der Waals surface area contributed by atoms with Crippen molar-refractivity contribution in [3.8, 4) is 11.5 Å². The third kappa shape index (κ3) is 5.23. The number of hydrogen-bond acceptors (Lipinski definition) is 9. The Kier molecular flexibility index (Phi) is 6.80. The van der Waals surface area contributed by atoms with Gasteiger partial charge >= 0.3 is 11.4 Å². The van der Waals surface area contributed by atoms with Crippen LogP contribution in [0.25, 0.3) is 0 Å². The van der Waals surface area contributed by atoms with E-state index in [4.69, 9.17) is 9.47 Å². The maximum absolute atomic E-state index is 11.4. The molecule has 1 aromatic carbocycles. The molecule has 0 atom stereocenters. The Hall–Kier alpha value is -3.50. The van der Waals surface area contributed by atoms with Crippen LogP contribution in [-0.2, 0) is 0 Å². The number of methoxy groups -OCH3 is 1. The lowest BCUT2D eigenvalue weighted by molar-refractivity contribution is -0.386. The number of nitro groups is 1. The monoisotopic (exact) mass is 376 g/mol. The second kappa shape index (κ2) is 9.27. The number of aromatic amines is 1. The van der Waals surface area contributed by atoms with E-state index in [1.54, 1.807) is 13.0 Å². The molecule has 0 aliphatic heterocycles. The number of nitro benzene ring substituents is 1. The summed E-state index contributed by atoms with van der Waals surface area (Å²) in [6.07, 6.45) is 3.01. The van der Waals surface area contributed by atoms with E-state index in [2.05, 4.69) is 25.7 Å². The summed E-state index contributed by atoms with van der Waals surface area (Å²) in [5.74, 6) is 0.488. The number of rotatable bonds is 9. The molecule has 0 amide bonds. The summed E-state index contributed by atoms with van der Waals surface area (Å²) in [5.41, 5.74) is 2.58. The van der Waals surface area contributed by atoms with Gasteiger partial charge in [-0.2, -0.15) is 15.2 Å². The molecule has 0 aliphatic carbocycles. The van der Waals surface area contributed by atoms with Crippen molar-refractivity contribution in [1.29, 1.82) is 0 Å². The van der Waals surface area contributed by atoms with Gasteiger partial charge in [-0.15, -0.1) is 0 Å². The summed E-state index contributed by atoms with van der Waals surface area (Å²) in [7, 11) is 1.40. The number of hydrazone groups is 1. The second-order valence-electron chi connectivity index (χ2n) is 5.48. The first-order valence-corrected chi connectivity index (χ1v) is 8.17. The minimum absolute atomic E-state index is 0.0809. The zero-order chi connectivity index (χ0) is 19.8. The summed E-state index contributed by atoms with van der Waals surface area (Å²) in [5, 5.41) is 21.3. The molecule has 0 bridgehead atoms. The molecule has 2 rings (SSSR count). The number of anilines is 1. The van der Waals surface area contributed by atoms with Gasteiger partial charge in [-0.1, -0.05) is 13.3 Å². The van der Waals surface area contributed by atoms with Crippen molar-refractivity contribution >= 4 is 17.7 Å². The van der Waals surface area contributed by atoms with Gasteiger partial charge in [-0.3, -0.25) is 15.5 Å². The molecule has 0 fully saturated rings. The summed E-state index contributed by atoms with van der Waals surface area (Å²) in [4.78, 5) is 25.8. The van der Waals surface area contributed by atoms with Crippen molar-refractivity contribution < 1.29 is 14.4 Å². The molecule has 11 nitrogen and oxygen atoms in total. The maximum Gasteiger partial charge on any atom is 0.363 e. The van der Waals surface area contributed by atoms with E-state index in [0.717, 1.165) is 12.8 Å². The van der Waals surface area contributed by atoms with Crippen molar-refractivity contribution in [3.63, 3.8) is 0 Å². The lowest BCUT2D eigenvalue weighted by atomic mass is 10.2. The fourth-order valence-electron chi connectivity index (χ4n) is 2.10. The molecule has 2 aromatic rings. The van der Waals surface area contributed by atoms with Crippen molar-refractivity contribution in [2.45, 2.75) is 26.7 Å². The zero-order valence-electron chi connectivity index (χ0n) is 15.2. The van der Waals surface area contributed by atoms with Gasteiger partial charge in [0.15, 0.2) is 11.6 Å². The quantitative estimate of drug-likeness (QED) is 0.293. The summed E-state index contributed by atoms with van der Waals surface area (Å²) in [6, 6.07) is 2.89. The maximum atomic E-state index is 11.4. The van der Waals surface area contributed by atoms with Gasteiger partial charge < -0.3 is 9.47 Å². The van der Waals surface area contributed by atoms with Gasteiger partial charge in [0.2, 0.25) is 5.75 Å². The van der Waals surface area contributed by atoms with Crippen molar-refractivity contribution in [3.05, 3.63) is 44.0 Å². The number of benzene rings is 1. The van der Waals surface area contributed by atoms with Gasteiger partial charge in [0.1, 0.15) is 5.69 Å². The van der Waals surface area contributed by atoms with Crippen molar-refractivity contribution in [2.75, 3.05) is 19.1 Å². The molecule has 0 saturated heterocycles. The molecule has 0 unspecified atom stereocenters. The average Bonchev–Trinajstić information content (AvgIpc) is 2.65. The minimum atomic E-state index is -0.621. The Morgan fingerprint density at radius 2 is 2.22 bits per heavy atom. The smallest absolute Gasteiger partial charge is 0.363 e. The Morgan fingerprint density at radius 3 is 2.89 bits per heavy atom. The van der Waals surface area contributed by atoms with Crippen LogP contribution in [-0.4, -0.2) is 40.0 Å². The van der Waals surface area contributed by atoms with Crippen LogP contribution in [0.3, 0.4) is 0 Å². The summed E-state index contributed by atoms with van der Waals surface area (Å²) < 4.78 is 10.8. The highest BCUT2D eigenvalue weighted by atomic mass is 16.6. The van der Waals surface area contributed by atoms with Crippen LogP contribution in [0, 0.1) is 17.0 Å². The normalized spacial score (nSPS) is 10.8. The fourth-order valence-corrected chi connectivity index (χ4v) is 2.10. The predicted octanol–water partition coefficient (Wildman–Crippen LogP) is 2.02. The van der Waals surface area contributed by atoms with Gasteiger partial charge in [0.25, 0.3) is 0 Å². The predicted molar refractivity (Wildman–Crippen MR) is 98.7 cm³/mol. The highest BCUT2D eigenvalue weighted by molar-refractivity contribution is 5.83. The number of nitrogens with one attached hydrogen (secondary N) is 2. The van der Waals surface area contributed by atoms with Gasteiger partial charge in [0.05, 0.1) is 24.9 Å². The molecule has 0 aliphatic rings. The fraction of sp³-hybridized carbons (Fsp3) is 0.375. The number of unbranched alkanes of at least 4 members (excludes halogenated alkanes) is 1. The molecule has 1 heterocycles. The van der Waals surface area contributed by atoms with Crippen LogP contribution in [0.4, 0.5) is 11.5 Å². The van der Waals surface area contributed by atoms with Crippen molar-refractivity contribution in [2.24, 2.45) is 5.10 Å². The van der Waals surface area contributed by atoms with Crippen LogP contribution in [0.5, 0.6) is 11.5 Å². The van der Waals surface area contributed by atoms with E-state index in [1.165, 1.54) is 19.4 Å². The molecule has 27 heavy (non-hydrogen) atoms. The van der Waals surface area contributed by atoms with Gasteiger partial charge in [0, 0.05) is 11.6 Å². The van der Waals surface area contributed by atoms with Crippen LogP contribution >= 0.6 is 0 Å². The lowest BCUT2D eigenvalue weighted by Gasteiger charge is -2.11. The van der Waals surface area contributed by atoms with E-state index in [-0.39, 0.29) is 23.0 Å². The van der Waals surface area contributed by atoms with Crippen LogP contribution < -0.4 is 20.6 Å². The van der Waals surface area contributed by atoms with E-state index in [0.29, 0.717) is 17.9 Å². The number of aryl methyl sites for hydroxylation is 1. The molecule has 0 radical (unpaired) electrons. The summed E-state index contributed by atoms with van der Waals surface area (Å²) >= 11 is 0. The first-order chi connectivity index (χ1) is 13.0. The molecule has 2 N–H and O–H groups in total. The van der Waals surface area contributed by atoms with E-state index >= 15 is 0 Å². The third-order valence-electron chi connectivity index (χ3n) is 3.48. The van der Waals surface area contributed by atoms with Crippen molar-refractivity contribution in [1.82, 2.24) is 15.2 Å². The first kappa shape index (κ1) is 19.8. The third-order valence-corrected chi connectivity index (χ3v) is 3.48. The zero-order valence-corrected chi connectivity index (χ0v) is 15.2.